The van der Waals surface area contributed by atoms with Gasteiger partial charge in [0.05, 0.1) is 28.8 Å². The van der Waals surface area contributed by atoms with Gasteiger partial charge in [-0.15, -0.1) is 0 Å². The van der Waals surface area contributed by atoms with E-state index in [0.29, 0.717) is 6.42 Å². The van der Waals surface area contributed by atoms with Crippen molar-refractivity contribution in [2.24, 2.45) is 23.7 Å². The molecule has 224 valence electrons. The van der Waals surface area contributed by atoms with Gasteiger partial charge < -0.3 is 0 Å². The molecule has 2 heterocycles. The zero-order valence-electron chi connectivity index (χ0n) is 26.4. The maximum absolute atomic E-state index is 14.0. The highest BCUT2D eigenvalue weighted by Gasteiger charge is 2.57. The summed E-state index contributed by atoms with van der Waals surface area (Å²) in [5.74, 6) is -2.89. The van der Waals surface area contributed by atoms with E-state index in [1.165, 1.54) is 9.80 Å². The number of carbonyl (C=O) groups excluding carboxylic acids is 4. The Morgan fingerprint density at radius 3 is 1.74 bits per heavy atom. The summed E-state index contributed by atoms with van der Waals surface area (Å²) >= 11 is 0. The molecule has 6 nitrogen and oxygen atoms in total. The van der Waals surface area contributed by atoms with Crippen molar-refractivity contribution < 1.29 is 19.2 Å². The van der Waals surface area contributed by atoms with Gasteiger partial charge in [0.2, 0.25) is 23.6 Å². The number of allylic oxidation sites excluding steroid dienone is 3. The van der Waals surface area contributed by atoms with Gasteiger partial charge >= 0.3 is 0 Å². The molecule has 1 aliphatic carbocycles. The lowest BCUT2D eigenvalue weighted by Crippen LogP contribution is -2.46. The lowest BCUT2D eigenvalue weighted by molar-refractivity contribution is -0.148. The second-order valence-corrected chi connectivity index (χ2v) is 13.6. The summed E-state index contributed by atoms with van der Waals surface area (Å²) in [4.78, 5) is 58.2. The van der Waals surface area contributed by atoms with E-state index >= 15 is 0 Å². The van der Waals surface area contributed by atoms with Crippen molar-refractivity contribution in [3.63, 3.8) is 0 Å². The summed E-state index contributed by atoms with van der Waals surface area (Å²) < 4.78 is 0. The molecule has 0 N–H and O–H groups in total. The summed E-state index contributed by atoms with van der Waals surface area (Å²) in [7, 11) is 0. The number of amides is 4. The fraction of sp³-hybridized carbons (Fsp3) is 0.405. The van der Waals surface area contributed by atoms with Crippen LogP contribution in [-0.4, -0.2) is 33.4 Å². The summed E-state index contributed by atoms with van der Waals surface area (Å²) in [5, 5.41) is 0. The van der Waals surface area contributed by atoms with Gasteiger partial charge in [0.1, 0.15) is 0 Å². The quantitative estimate of drug-likeness (QED) is 0.266. The van der Waals surface area contributed by atoms with Gasteiger partial charge in [-0.3, -0.25) is 29.0 Å². The van der Waals surface area contributed by atoms with E-state index in [4.69, 9.17) is 0 Å². The van der Waals surface area contributed by atoms with Crippen molar-refractivity contribution in [1.29, 1.82) is 0 Å². The highest BCUT2D eigenvalue weighted by molar-refractivity contribution is 6.08. The molecular weight excluding hydrogens is 536 g/mol. The van der Waals surface area contributed by atoms with Crippen molar-refractivity contribution in [2.75, 3.05) is 0 Å². The number of imide groups is 2. The monoisotopic (exact) mass is 578 g/mol. The standard InChI is InChI=1S/C37H42N2O4/c1-21(2)24-12-10-14-27(17-24)36(6,7)38-31(40)20-29(33(38)41)26-16-23(5)32-30(19-26)34(42)39(35(32)43)37(8,9)28-15-11-13-25(18-28)22(3)4/h10-18,26,29-30,32H,1,3,19-20H2,2,4-9H3. The Hall–Kier alpha value is -4.06. The van der Waals surface area contributed by atoms with Crippen LogP contribution >= 0.6 is 0 Å². The third kappa shape index (κ3) is 4.91. The van der Waals surface area contributed by atoms with Crippen molar-refractivity contribution >= 4 is 34.8 Å². The number of hydrogen-bond donors (Lipinski definition) is 0. The molecule has 2 aromatic rings. The van der Waals surface area contributed by atoms with Gasteiger partial charge in [0.25, 0.3) is 0 Å². The van der Waals surface area contributed by atoms with Crippen LogP contribution in [0, 0.1) is 23.7 Å². The zero-order valence-corrected chi connectivity index (χ0v) is 26.4. The maximum atomic E-state index is 14.0. The van der Waals surface area contributed by atoms with Crippen LogP contribution in [-0.2, 0) is 30.3 Å². The van der Waals surface area contributed by atoms with Gasteiger partial charge in [-0.25, -0.2) is 0 Å². The summed E-state index contributed by atoms with van der Waals surface area (Å²) in [6.45, 7) is 21.4. The van der Waals surface area contributed by atoms with E-state index in [2.05, 4.69) is 13.2 Å². The highest BCUT2D eigenvalue weighted by Crippen LogP contribution is 2.49. The number of hydrogen-bond acceptors (Lipinski definition) is 4. The lowest BCUT2D eigenvalue weighted by atomic mass is 9.71. The normalized spacial score (nSPS) is 24.4. The predicted octanol–water partition coefficient (Wildman–Crippen LogP) is 6.87. The molecule has 2 saturated heterocycles. The predicted molar refractivity (Wildman–Crippen MR) is 169 cm³/mol. The van der Waals surface area contributed by atoms with Crippen LogP contribution in [0.1, 0.15) is 83.6 Å². The smallest absolute Gasteiger partial charge is 0.237 e. The maximum Gasteiger partial charge on any atom is 0.237 e. The molecule has 5 rings (SSSR count). The van der Waals surface area contributed by atoms with E-state index in [9.17, 15) is 19.2 Å². The minimum atomic E-state index is -0.870. The van der Waals surface area contributed by atoms with Crippen molar-refractivity contribution in [1.82, 2.24) is 9.80 Å². The first-order valence-corrected chi connectivity index (χ1v) is 15.0. The first-order valence-electron chi connectivity index (χ1n) is 15.0. The molecule has 6 heteroatoms. The second kappa shape index (κ2) is 10.6. The molecule has 2 aromatic carbocycles. The number of likely N-dealkylation sites (tertiary alicyclic amines) is 2. The van der Waals surface area contributed by atoms with Crippen molar-refractivity contribution in [3.8, 4) is 0 Å². The number of rotatable bonds is 7. The molecule has 2 aliphatic heterocycles. The molecule has 0 spiro atoms. The Balaban J connectivity index is 1.41. The Kier molecular flexibility index (Phi) is 7.48. The van der Waals surface area contributed by atoms with E-state index in [-0.39, 0.29) is 36.0 Å². The zero-order chi connectivity index (χ0) is 31.6. The van der Waals surface area contributed by atoms with Crippen LogP contribution in [0.3, 0.4) is 0 Å². The topological polar surface area (TPSA) is 74.8 Å². The Morgan fingerprint density at radius 2 is 1.23 bits per heavy atom. The number of nitrogens with zero attached hydrogens (tertiary/aromatic N) is 2. The first-order chi connectivity index (χ1) is 20.1. The van der Waals surface area contributed by atoms with Crippen LogP contribution in [0.15, 0.2) is 73.3 Å². The van der Waals surface area contributed by atoms with Gasteiger partial charge in [0.15, 0.2) is 0 Å². The average molecular weight is 579 g/mol. The average Bonchev–Trinajstić information content (AvgIpc) is 3.40. The van der Waals surface area contributed by atoms with E-state index in [1.54, 1.807) is 0 Å². The molecule has 4 amide bonds. The molecule has 4 unspecified atom stereocenters. The molecule has 43 heavy (non-hydrogen) atoms. The number of benzene rings is 2. The van der Waals surface area contributed by atoms with E-state index < -0.39 is 28.8 Å². The largest absolute Gasteiger partial charge is 0.274 e. The third-order valence-corrected chi connectivity index (χ3v) is 9.86. The molecule has 2 fully saturated rings. The minimum Gasteiger partial charge on any atom is -0.274 e. The van der Waals surface area contributed by atoms with Crippen LogP contribution in [0.25, 0.3) is 11.1 Å². The number of fused-ring (bicyclic) bond motifs is 1. The minimum absolute atomic E-state index is 0.0827. The Bertz CT molecular complexity index is 1610. The van der Waals surface area contributed by atoms with Gasteiger partial charge in [-0.05, 0) is 95.2 Å². The number of carbonyl (C=O) groups is 4. The highest BCUT2D eigenvalue weighted by atomic mass is 16.2. The fourth-order valence-corrected chi connectivity index (χ4v) is 7.28. The van der Waals surface area contributed by atoms with Gasteiger partial charge in [0, 0.05) is 6.42 Å². The van der Waals surface area contributed by atoms with Gasteiger partial charge in [-0.2, -0.15) is 0 Å². The summed E-state index contributed by atoms with van der Waals surface area (Å²) in [5.41, 5.74) is 4.51. The molecule has 0 aromatic heterocycles. The van der Waals surface area contributed by atoms with Crippen LogP contribution in [0.5, 0.6) is 0 Å². The molecule has 4 atom stereocenters. The van der Waals surface area contributed by atoms with Crippen molar-refractivity contribution in [2.45, 2.75) is 72.4 Å². The fourth-order valence-electron chi connectivity index (χ4n) is 7.28. The Labute approximate surface area is 255 Å². The van der Waals surface area contributed by atoms with Crippen LogP contribution in [0.2, 0.25) is 0 Å². The van der Waals surface area contributed by atoms with E-state index in [1.807, 2.05) is 103 Å². The summed E-state index contributed by atoms with van der Waals surface area (Å²) in [6, 6.07) is 15.6. The Morgan fingerprint density at radius 1 is 0.744 bits per heavy atom. The van der Waals surface area contributed by atoms with E-state index in [0.717, 1.165) is 39.0 Å². The van der Waals surface area contributed by atoms with Gasteiger partial charge in [-0.1, -0.05) is 72.4 Å². The first kappa shape index (κ1) is 30.4. The third-order valence-electron chi connectivity index (χ3n) is 9.86. The van der Waals surface area contributed by atoms with Crippen LogP contribution < -0.4 is 0 Å². The van der Waals surface area contributed by atoms with Crippen LogP contribution in [0.4, 0.5) is 0 Å². The molecule has 0 bridgehead atoms. The molecule has 0 radical (unpaired) electrons. The molecule has 3 aliphatic rings. The SMILES string of the molecule is C=C(C)c1cccc(C(C)(C)N2C(=O)CC(C3C=C(C)C4C(=O)N(C(C)(C)c5cccc(C(=C)C)c5)C(=O)C4C3)C2=O)c1. The summed E-state index contributed by atoms with van der Waals surface area (Å²) in [6.07, 6.45) is 2.41. The lowest BCUT2D eigenvalue weighted by Gasteiger charge is -2.36. The molecular formula is C37H42N2O4. The van der Waals surface area contributed by atoms with Crippen molar-refractivity contribution in [3.05, 3.63) is 95.6 Å². The second-order valence-electron chi connectivity index (χ2n) is 13.6. The molecule has 0 saturated carbocycles.